The van der Waals surface area contributed by atoms with Crippen LogP contribution in [0.15, 0.2) is 52.4 Å². The molecule has 0 aromatic heterocycles. The van der Waals surface area contributed by atoms with E-state index in [4.69, 9.17) is 8.92 Å². The summed E-state index contributed by atoms with van der Waals surface area (Å²) in [5, 5.41) is 2.72. The Hall–Kier alpha value is -2.92. The monoisotopic (exact) mass is 451 g/mol. The number of alkyl carbamates (subject to hydrolysis) is 1. The number of benzene rings is 2. The Labute approximate surface area is 179 Å². The zero-order chi connectivity index (χ0) is 21.7. The van der Waals surface area contributed by atoms with Gasteiger partial charge in [0.1, 0.15) is 16.4 Å². The third-order valence-electron chi connectivity index (χ3n) is 3.74. The number of hydrogen-bond acceptors (Lipinski definition) is 9. The van der Waals surface area contributed by atoms with Crippen molar-refractivity contribution >= 4 is 44.7 Å². The number of fused-ring (bicyclic) bond motifs is 1. The van der Waals surface area contributed by atoms with Crippen molar-refractivity contribution in [3.8, 4) is 11.5 Å². The van der Waals surface area contributed by atoms with Gasteiger partial charge in [-0.05, 0) is 48.4 Å². The molecule has 1 heterocycles. The quantitative estimate of drug-likeness (QED) is 0.502. The predicted molar refractivity (Wildman–Crippen MR) is 115 cm³/mol. The van der Waals surface area contributed by atoms with Gasteiger partial charge >= 0.3 is 16.2 Å². The van der Waals surface area contributed by atoms with Gasteiger partial charge in [0, 0.05) is 11.9 Å². The molecular weight excluding hydrogens is 430 g/mol. The molecule has 0 bridgehead atoms. The molecule has 2 aromatic rings. The van der Waals surface area contributed by atoms with Gasteiger partial charge in [-0.2, -0.15) is 8.42 Å². The summed E-state index contributed by atoms with van der Waals surface area (Å²) in [6.45, 7) is 4.65. The average molecular weight is 452 g/mol. The Morgan fingerprint density at radius 2 is 1.87 bits per heavy atom. The van der Waals surface area contributed by atoms with Crippen molar-refractivity contribution in [2.75, 3.05) is 18.4 Å². The van der Waals surface area contributed by atoms with Gasteiger partial charge in [0.15, 0.2) is 5.17 Å². The summed E-state index contributed by atoms with van der Waals surface area (Å²) >= 11 is 1.02. The molecule has 0 saturated heterocycles. The molecule has 9 nitrogen and oxygen atoms in total. The molecule has 3 rings (SSSR count). The van der Waals surface area contributed by atoms with Crippen LogP contribution < -0.4 is 19.0 Å². The molecule has 30 heavy (non-hydrogen) atoms. The van der Waals surface area contributed by atoms with Crippen molar-refractivity contribution in [2.45, 2.75) is 18.7 Å². The maximum absolute atomic E-state index is 12.6. The minimum atomic E-state index is -4.05. The highest BCUT2D eigenvalue weighted by molar-refractivity contribution is 8.15. The molecule has 2 aromatic carbocycles. The number of amidine groups is 1. The lowest BCUT2D eigenvalue weighted by Gasteiger charge is -2.17. The van der Waals surface area contributed by atoms with E-state index in [0.29, 0.717) is 29.6 Å². The van der Waals surface area contributed by atoms with Crippen LogP contribution in [-0.2, 0) is 14.9 Å². The van der Waals surface area contributed by atoms with Crippen molar-refractivity contribution in [1.82, 2.24) is 5.32 Å². The molecule has 2 N–H and O–H groups in total. The van der Waals surface area contributed by atoms with Gasteiger partial charge in [-0.3, -0.25) is 5.32 Å². The Kier molecular flexibility index (Phi) is 6.73. The van der Waals surface area contributed by atoms with Crippen LogP contribution in [0.3, 0.4) is 0 Å². The molecule has 0 radical (unpaired) electrons. The van der Waals surface area contributed by atoms with E-state index in [-0.39, 0.29) is 15.8 Å². The normalized spacial score (nSPS) is 13.0. The second-order valence-corrected chi connectivity index (χ2v) is 8.97. The third kappa shape index (κ3) is 5.57. The lowest BCUT2D eigenvalue weighted by molar-refractivity contribution is 0.177. The highest BCUT2D eigenvalue weighted by atomic mass is 32.2. The molecule has 1 aliphatic rings. The Morgan fingerprint density at radius 1 is 1.17 bits per heavy atom. The first kappa shape index (κ1) is 21.8. The number of anilines is 1. The van der Waals surface area contributed by atoms with Crippen LogP contribution in [0.1, 0.15) is 13.8 Å². The topological polar surface area (TPSA) is 115 Å². The minimum absolute atomic E-state index is 0.0333. The molecule has 0 fully saturated rings. The van der Waals surface area contributed by atoms with E-state index in [0.717, 1.165) is 11.9 Å². The smallest absolute Gasteiger partial charge is 0.412 e. The number of ether oxygens (including phenoxy) is 2. The standard InChI is InChI=1S/C19H21N3O6S2/c1-12(2)11-27-13-4-6-14(7-5-13)28-30(24,25)15-8-9-16-17(10-15)22-29-18(20-16)21-19(23)26-3/h4-10,12,22H,11H2,1-3H3,(H,20,21,23). The van der Waals surface area contributed by atoms with Gasteiger partial charge in [-0.25, -0.2) is 9.79 Å². The first-order valence-corrected chi connectivity index (χ1v) is 11.2. The number of carbonyl (C=O) groups excluding carboxylic acids is 1. The number of aliphatic imine (C=N–C) groups is 1. The number of nitrogens with zero attached hydrogens (tertiary/aromatic N) is 1. The Balaban J connectivity index is 1.72. The first-order valence-electron chi connectivity index (χ1n) is 8.95. The molecule has 0 spiro atoms. The predicted octanol–water partition coefficient (Wildman–Crippen LogP) is 3.91. The zero-order valence-electron chi connectivity index (χ0n) is 16.5. The van der Waals surface area contributed by atoms with Crippen molar-refractivity contribution in [2.24, 2.45) is 10.9 Å². The van der Waals surface area contributed by atoms with E-state index >= 15 is 0 Å². The van der Waals surface area contributed by atoms with E-state index in [1.54, 1.807) is 12.1 Å². The number of rotatable bonds is 6. The van der Waals surface area contributed by atoms with E-state index in [9.17, 15) is 13.2 Å². The zero-order valence-corrected chi connectivity index (χ0v) is 18.2. The van der Waals surface area contributed by atoms with E-state index < -0.39 is 16.2 Å². The fourth-order valence-electron chi connectivity index (χ4n) is 2.31. The minimum Gasteiger partial charge on any atom is -0.493 e. The number of carbonyl (C=O) groups is 1. The highest BCUT2D eigenvalue weighted by Gasteiger charge is 2.21. The second-order valence-electron chi connectivity index (χ2n) is 6.63. The number of hydrogen-bond donors (Lipinski definition) is 2. The van der Waals surface area contributed by atoms with E-state index in [1.807, 2.05) is 13.8 Å². The summed E-state index contributed by atoms with van der Waals surface area (Å²) in [6, 6.07) is 10.7. The summed E-state index contributed by atoms with van der Waals surface area (Å²) in [7, 11) is -2.81. The largest absolute Gasteiger partial charge is 0.493 e. The lowest BCUT2D eigenvalue weighted by atomic mass is 10.2. The summed E-state index contributed by atoms with van der Waals surface area (Å²) < 4.78 is 43.5. The highest BCUT2D eigenvalue weighted by Crippen LogP contribution is 2.35. The number of amides is 1. The fraction of sp³-hybridized carbons (Fsp3) is 0.263. The number of nitrogens with one attached hydrogen (secondary N) is 2. The molecule has 11 heteroatoms. The van der Waals surface area contributed by atoms with Crippen LogP contribution in [0, 0.1) is 5.92 Å². The molecule has 0 aliphatic carbocycles. The molecule has 0 saturated carbocycles. The molecular formula is C19H21N3O6S2. The van der Waals surface area contributed by atoms with Crippen LogP contribution >= 0.6 is 11.9 Å². The van der Waals surface area contributed by atoms with Crippen molar-refractivity contribution in [3.05, 3.63) is 42.5 Å². The lowest BCUT2D eigenvalue weighted by Crippen LogP contribution is -2.29. The Morgan fingerprint density at radius 3 is 2.53 bits per heavy atom. The SMILES string of the molecule is COC(=O)NC1=Nc2ccc(S(=O)(=O)Oc3ccc(OCC(C)C)cc3)cc2NS1. The molecule has 160 valence electrons. The van der Waals surface area contributed by atoms with Crippen LogP contribution in [0.25, 0.3) is 0 Å². The summed E-state index contributed by atoms with van der Waals surface area (Å²) in [5.41, 5.74) is 0.934. The van der Waals surface area contributed by atoms with Crippen molar-refractivity contribution in [3.63, 3.8) is 0 Å². The fourth-order valence-corrected chi connectivity index (χ4v) is 3.91. The van der Waals surface area contributed by atoms with E-state index in [2.05, 4.69) is 19.8 Å². The van der Waals surface area contributed by atoms with Crippen LogP contribution in [0.5, 0.6) is 11.5 Å². The van der Waals surface area contributed by atoms with Gasteiger partial charge in [0.2, 0.25) is 0 Å². The van der Waals surface area contributed by atoms with Gasteiger partial charge in [-0.1, -0.05) is 13.8 Å². The molecule has 1 amide bonds. The van der Waals surface area contributed by atoms with Gasteiger partial charge in [0.05, 0.1) is 25.1 Å². The van der Waals surface area contributed by atoms with E-state index in [1.165, 1.54) is 37.4 Å². The van der Waals surface area contributed by atoms with Gasteiger partial charge in [0.25, 0.3) is 0 Å². The van der Waals surface area contributed by atoms with Crippen LogP contribution in [0.4, 0.5) is 16.2 Å². The molecule has 0 atom stereocenters. The molecule has 0 unspecified atom stereocenters. The number of methoxy groups -OCH3 is 1. The second kappa shape index (κ2) is 9.26. The molecule has 1 aliphatic heterocycles. The average Bonchev–Trinajstić information content (AvgIpc) is 2.72. The summed E-state index contributed by atoms with van der Waals surface area (Å²) in [6.07, 6.45) is -0.653. The maximum atomic E-state index is 12.6. The van der Waals surface area contributed by atoms with Crippen LogP contribution in [0.2, 0.25) is 0 Å². The van der Waals surface area contributed by atoms with Gasteiger partial charge < -0.3 is 18.4 Å². The summed E-state index contributed by atoms with van der Waals surface area (Å²) in [5.74, 6) is 1.20. The maximum Gasteiger partial charge on any atom is 0.412 e. The van der Waals surface area contributed by atoms with Crippen molar-refractivity contribution in [1.29, 1.82) is 0 Å². The van der Waals surface area contributed by atoms with Crippen LogP contribution in [-0.4, -0.2) is 33.4 Å². The Bertz CT molecular complexity index is 1050. The first-order chi connectivity index (χ1) is 14.3. The van der Waals surface area contributed by atoms with Gasteiger partial charge in [-0.15, -0.1) is 0 Å². The summed E-state index contributed by atoms with van der Waals surface area (Å²) in [4.78, 5) is 15.5. The third-order valence-corrected chi connectivity index (χ3v) is 5.70. The van der Waals surface area contributed by atoms with Crippen molar-refractivity contribution < 1.29 is 26.9 Å².